The Balaban J connectivity index is 2.62. The maximum Gasteiger partial charge on any atom is 0.130 e. The minimum absolute atomic E-state index is 0.250. The molecule has 2 nitrogen and oxygen atoms in total. The van der Waals surface area contributed by atoms with Crippen LogP contribution in [0.4, 0.5) is 0 Å². The maximum absolute atomic E-state index is 10.7. The second kappa shape index (κ2) is 3.81. The summed E-state index contributed by atoms with van der Waals surface area (Å²) in [7, 11) is 0. The molecule has 12 heavy (non-hydrogen) atoms. The summed E-state index contributed by atoms with van der Waals surface area (Å²) in [5.41, 5.74) is 1.08. The van der Waals surface area contributed by atoms with Crippen molar-refractivity contribution in [1.29, 1.82) is 0 Å². The highest BCUT2D eigenvalue weighted by atomic mass is 32.1. The average Bonchev–Trinajstić information content (AvgIpc) is 2.26. The van der Waals surface area contributed by atoms with Crippen LogP contribution in [-0.2, 0) is 11.2 Å². The molecule has 0 atom stereocenters. The van der Waals surface area contributed by atoms with Crippen molar-refractivity contribution in [3.8, 4) is 0 Å². The summed E-state index contributed by atoms with van der Waals surface area (Å²) in [4.78, 5) is 16.3. The first-order valence-electron chi connectivity index (χ1n) is 4.02. The number of thiazole rings is 1. The first-order chi connectivity index (χ1) is 5.59. The summed E-state index contributed by atoms with van der Waals surface area (Å²) < 4.78 is 0. The zero-order chi connectivity index (χ0) is 9.14. The largest absolute Gasteiger partial charge is 0.300 e. The summed E-state index contributed by atoms with van der Waals surface area (Å²) in [6, 6.07) is 0. The van der Waals surface area contributed by atoms with Crippen LogP contribution in [-0.4, -0.2) is 10.8 Å². The molecule has 0 saturated heterocycles. The molecule has 0 aromatic carbocycles. The van der Waals surface area contributed by atoms with E-state index in [1.807, 2.05) is 13.8 Å². The van der Waals surface area contributed by atoms with Gasteiger partial charge in [0, 0.05) is 11.3 Å². The number of ketones is 1. The van der Waals surface area contributed by atoms with Crippen LogP contribution in [0, 0.1) is 13.8 Å². The highest BCUT2D eigenvalue weighted by Crippen LogP contribution is 2.18. The molecule has 0 aliphatic heterocycles. The van der Waals surface area contributed by atoms with Crippen molar-refractivity contribution in [3.05, 3.63) is 15.6 Å². The van der Waals surface area contributed by atoms with E-state index in [-0.39, 0.29) is 5.78 Å². The Kier molecular flexibility index (Phi) is 2.98. The molecule has 0 N–H and O–H groups in total. The molecule has 0 fully saturated rings. The molecule has 1 rings (SSSR count). The van der Waals surface area contributed by atoms with Crippen molar-refractivity contribution in [2.24, 2.45) is 0 Å². The van der Waals surface area contributed by atoms with E-state index in [0.29, 0.717) is 6.42 Å². The van der Waals surface area contributed by atoms with Gasteiger partial charge in [-0.3, -0.25) is 0 Å². The van der Waals surface area contributed by atoms with E-state index in [1.165, 1.54) is 4.88 Å². The summed E-state index contributed by atoms with van der Waals surface area (Å²) >= 11 is 1.69. The average molecular weight is 183 g/mol. The molecule has 1 aromatic rings. The van der Waals surface area contributed by atoms with Crippen LogP contribution in [0.2, 0.25) is 0 Å². The number of Topliss-reactive ketones (excluding diaryl/α,β-unsaturated/α-hetero) is 1. The molecule has 1 heterocycles. The first kappa shape index (κ1) is 9.39. The molecule has 1 aromatic heterocycles. The van der Waals surface area contributed by atoms with Crippen LogP contribution in [0.1, 0.15) is 28.9 Å². The predicted octanol–water partition coefficient (Wildman–Crippen LogP) is 2.28. The highest BCUT2D eigenvalue weighted by molar-refractivity contribution is 7.11. The molecule has 0 aliphatic carbocycles. The van der Waals surface area contributed by atoms with Gasteiger partial charge in [0.1, 0.15) is 5.78 Å². The number of hydrogen-bond acceptors (Lipinski definition) is 3. The number of hydrogen-bond donors (Lipinski definition) is 0. The Morgan fingerprint density at radius 2 is 2.17 bits per heavy atom. The minimum Gasteiger partial charge on any atom is -0.300 e. The quantitative estimate of drug-likeness (QED) is 0.719. The number of carbonyl (C=O) groups is 1. The van der Waals surface area contributed by atoms with Crippen LogP contribution in [0.15, 0.2) is 0 Å². The SMILES string of the molecule is CC(=O)CCc1sc(C)nc1C. The zero-order valence-corrected chi connectivity index (χ0v) is 8.49. The number of nitrogens with zero attached hydrogens (tertiary/aromatic N) is 1. The lowest BCUT2D eigenvalue weighted by molar-refractivity contribution is -0.116. The van der Waals surface area contributed by atoms with Crippen LogP contribution < -0.4 is 0 Å². The van der Waals surface area contributed by atoms with Crippen molar-refractivity contribution in [1.82, 2.24) is 4.98 Å². The molecule has 0 aliphatic rings. The van der Waals surface area contributed by atoms with E-state index in [4.69, 9.17) is 0 Å². The second-order valence-corrected chi connectivity index (χ2v) is 4.23. The van der Waals surface area contributed by atoms with E-state index in [2.05, 4.69) is 4.98 Å². The molecular weight excluding hydrogens is 170 g/mol. The van der Waals surface area contributed by atoms with Crippen LogP contribution in [0.25, 0.3) is 0 Å². The second-order valence-electron chi connectivity index (χ2n) is 2.94. The molecule has 0 bridgehead atoms. The lowest BCUT2D eigenvalue weighted by Gasteiger charge is -1.93. The maximum atomic E-state index is 10.7. The van der Waals surface area contributed by atoms with Gasteiger partial charge in [-0.05, 0) is 27.2 Å². The van der Waals surface area contributed by atoms with Crippen molar-refractivity contribution < 1.29 is 4.79 Å². The van der Waals surface area contributed by atoms with E-state index in [0.717, 1.165) is 17.1 Å². The van der Waals surface area contributed by atoms with Crippen LogP contribution in [0.3, 0.4) is 0 Å². The molecule has 0 amide bonds. The van der Waals surface area contributed by atoms with E-state index >= 15 is 0 Å². The van der Waals surface area contributed by atoms with Gasteiger partial charge in [0.2, 0.25) is 0 Å². The van der Waals surface area contributed by atoms with Crippen molar-refractivity contribution in [3.63, 3.8) is 0 Å². The Morgan fingerprint density at radius 3 is 2.58 bits per heavy atom. The first-order valence-corrected chi connectivity index (χ1v) is 4.83. The van der Waals surface area contributed by atoms with Crippen molar-refractivity contribution >= 4 is 17.1 Å². The summed E-state index contributed by atoms with van der Waals surface area (Å²) in [5, 5.41) is 1.09. The Labute approximate surface area is 76.6 Å². The molecule has 3 heteroatoms. The fourth-order valence-corrected chi connectivity index (χ4v) is 2.03. The Hall–Kier alpha value is -0.700. The van der Waals surface area contributed by atoms with Gasteiger partial charge in [-0.25, -0.2) is 4.98 Å². The van der Waals surface area contributed by atoms with Gasteiger partial charge in [-0.2, -0.15) is 0 Å². The molecule has 0 unspecified atom stereocenters. The zero-order valence-electron chi connectivity index (χ0n) is 7.68. The molecule has 0 saturated carbocycles. The third kappa shape index (κ3) is 2.41. The van der Waals surface area contributed by atoms with Gasteiger partial charge in [-0.1, -0.05) is 0 Å². The Bertz CT molecular complexity index is 291. The summed E-state index contributed by atoms with van der Waals surface area (Å²) in [5.74, 6) is 0.250. The smallest absolute Gasteiger partial charge is 0.130 e. The summed E-state index contributed by atoms with van der Waals surface area (Å²) in [6.45, 7) is 5.62. The molecule has 0 spiro atoms. The lowest BCUT2D eigenvalue weighted by atomic mass is 10.2. The number of rotatable bonds is 3. The number of aromatic nitrogens is 1. The molecule has 0 radical (unpaired) electrons. The van der Waals surface area contributed by atoms with E-state index in [9.17, 15) is 4.79 Å². The van der Waals surface area contributed by atoms with Crippen LogP contribution >= 0.6 is 11.3 Å². The standard InChI is InChI=1S/C9H13NOS/c1-6(11)4-5-9-7(2)10-8(3)12-9/h4-5H2,1-3H3. The third-order valence-corrected chi connectivity index (χ3v) is 2.84. The fraction of sp³-hybridized carbons (Fsp3) is 0.556. The van der Waals surface area contributed by atoms with Gasteiger partial charge in [-0.15, -0.1) is 11.3 Å². The van der Waals surface area contributed by atoms with E-state index < -0.39 is 0 Å². The lowest BCUT2D eigenvalue weighted by Crippen LogP contribution is -1.93. The van der Waals surface area contributed by atoms with Gasteiger partial charge >= 0.3 is 0 Å². The molecular formula is C9H13NOS. The van der Waals surface area contributed by atoms with Crippen molar-refractivity contribution in [2.45, 2.75) is 33.6 Å². The number of carbonyl (C=O) groups excluding carboxylic acids is 1. The normalized spacial score (nSPS) is 10.2. The van der Waals surface area contributed by atoms with Gasteiger partial charge in [0.15, 0.2) is 0 Å². The van der Waals surface area contributed by atoms with Crippen LogP contribution in [0.5, 0.6) is 0 Å². The molecule has 66 valence electrons. The topological polar surface area (TPSA) is 30.0 Å². The number of aryl methyl sites for hydroxylation is 3. The van der Waals surface area contributed by atoms with Crippen molar-refractivity contribution in [2.75, 3.05) is 0 Å². The minimum atomic E-state index is 0.250. The predicted molar refractivity (Wildman–Crippen MR) is 50.6 cm³/mol. The summed E-state index contributed by atoms with van der Waals surface area (Å²) in [6.07, 6.45) is 1.50. The third-order valence-electron chi connectivity index (χ3n) is 1.70. The fourth-order valence-electron chi connectivity index (χ4n) is 1.09. The highest BCUT2D eigenvalue weighted by Gasteiger charge is 2.04. The van der Waals surface area contributed by atoms with Gasteiger partial charge < -0.3 is 4.79 Å². The monoisotopic (exact) mass is 183 g/mol. The van der Waals surface area contributed by atoms with Gasteiger partial charge in [0.25, 0.3) is 0 Å². The van der Waals surface area contributed by atoms with Gasteiger partial charge in [0.05, 0.1) is 10.7 Å². The van der Waals surface area contributed by atoms with E-state index in [1.54, 1.807) is 18.3 Å². The Morgan fingerprint density at radius 1 is 1.50 bits per heavy atom.